The number of hydrogen-bond acceptors (Lipinski definition) is 5. The van der Waals surface area contributed by atoms with Crippen LogP contribution in [0.4, 0.5) is 0 Å². The molecule has 0 saturated carbocycles. The Balaban J connectivity index is 1.81. The maximum atomic E-state index is 12.2. The van der Waals surface area contributed by atoms with Crippen LogP contribution in [0, 0.1) is 5.41 Å². The normalized spacial score (nSPS) is 15.6. The number of carbonyl (C=O) groups excluding carboxylic acids is 1. The molecule has 24 heavy (non-hydrogen) atoms. The number of aromatic nitrogens is 2. The minimum atomic E-state index is -0.258. The lowest BCUT2D eigenvalue weighted by Gasteiger charge is -2.29. The van der Waals surface area contributed by atoms with E-state index in [0.717, 1.165) is 19.3 Å². The van der Waals surface area contributed by atoms with E-state index in [0.29, 0.717) is 26.3 Å². The Morgan fingerprint density at radius 2 is 2.08 bits per heavy atom. The number of amides is 1. The molecule has 1 aliphatic rings. The van der Waals surface area contributed by atoms with Gasteiger partial charge in [-0.2, -0.15) is 5.10 Å². The van der Waals surface area contributed by atoms with Crippen LogP contribution >= 0.6 is 0 Å². The summed E-state index contributed by atoms with van der Waals surface area (Å²) in [5.74, 6) is -0.258. The summed E-state index contributed by atoms with van der Waals surface area (Å²) in [7, 11) is 0. The molecule has 0 aromatic carbocycles. The summed E-state index contributed by atoms with van der Waals surface area (Å²) in [6.45, 7) is 8.51. The fourth-order valence-electron chi connectivity index (χ4n) is 2.71. The Morgan fingerprint density at radius 1 is 1.38 bits per heavy atom. The van der Waals surface area contributed by atoms with Gasteiger partial charge in [-0.1, -0.05) is 20.8 Å². The minimum Gasteiger partial charge on any atom is -0.351 e. The fraction of sp³-hybridized carbons (Fsp3) is 0.706. The van der Waals surface area contributed by atoms with Gasteiger partial charge in [-0.05, 0) is 25.3 Å². The third-order valence-corrected chi connectivity index (χ3v) is 4.08. The summed E-state index contributed by atoms with van der Waals surface area (Å²) in [5.41, 5.74) is -0.00938. The summed E-state index contributed by atoms with van der Waals surface area (Å²) in [6, 6.07) is 2.85. The highest BCUT2D eigenvalue weighted by atomic mass is 16.7. The molecule has 1 amide bonds. The highest BCUT2D eigenvalue weighted by molar-refractivity contribution is 5.91. The summed E-state index contributed by atoms with van der Waals surface area (Å²) >= 11 is 0. The summed E-state index contributed by atoms with van der Waals surface area (Å²) in [6.07, 6.45) is 2.31. The summed E-state index contributed by atoms with van der Waals surface area (Å²) in [4.78, 5) is 23.8. The number of rotatable bonds is 8. The molecule has 7 heteroatoms. The molecule has 1 aromatic heterocycles. The predicted octanol–water partition coefficient (Wildman–Crippen LogP) is 1.56. The van der Waals surface area contributed by atoms with Gasteiger partial charge in [0.25, 0.3) is 11.5 Å². The van der Waals surface area contributed by atoms with Crippen molar-refractivity contribution in [1.29, 1.82) is 0 Å². The second-order valence-corrected chi connectivity index (χ2v) is 6.70. The molecular weight excluding hydrogens is 310 g/mol. The van der Waals surface area contributed by atoms with Crippen molar-refractivity contribution in [3.63, 3.8) is 0 Å². The lowest BCUT2D eigenvalue weighted by atomic mass is 9.87. The molecule has 0 spiro atoms. The largest absolute Gasteiger partial charge is 0.351 e. The molecule has 1 saturated heterocycles. The molecule has 2 heterocycles. The lowest BCUT2D eigenvalue weighted by molar-refractivity contribution is -0.122. The molecule has 0 unspecified atom stereocenters. The predicted molar refractivity (Wildman–Crippen MR) is 89.8 cm³/mol. The number of nitrogens with zero attached hydrogens (tertiary/aromatic N) is 2. The van der Waals surface area contributed by atoms with Gasteiger partial charge in [0, 0.05) is 24.6 Å². The van der Waals surface area contributed by atoms with Crippen LogP contribution < -0.4 is 10.9 Å². The number of aryl methyl sites for hydroxylation is 1. The molecule has 0 aliphatic carbocycles. The second kappa shape index (κ2) is 8.39. The highest BCUT2D eigenvalue weighted by Gasteiger charge is 2.33. The smallest absolute Gasteiger partial charge is 0.271 e. The SMILES string of the molecule is CCCn1nc(C(=O)NCCCC(C)(C)C2OCCO2)ccc1=O. The van der Waals surface area contributed by atoms with Crippen LogP contribution in [0.25, 0.3) is 0 Å². The Hall–Kier alpha value is -1.73. The van der Waals surface area contributed by atoms with Crippen molar-refractivity contribution >= 4 is 5.91 Å². The van der Waals surface area contributed by atoms with Crippen molar-refractivity contribution in [3.8, 4) is 0 Å². The standard InChI is InChI=1S/C17H27N3O4/c1-4-10-20-14(21)7-6-13(19-20)15(22)18-9-5-8-17(2,3)16-23-11-12-24-16/h6-7,16H,4-5,8-12H2,1-3H3,(H,18,22). The maximum absolute atomic E-state index is 12.2. The van der Waals surface area contributed by atoms with Crippen LogP contribution in [0.1, 0.15) is 50.5 Å². The topological polar surface area (TPSA) is 82.5 Å². The van der Waals surface area contributed by atoms with E-state index in [2.05, 4.69) is 24.3 Å². The average Bonchev–Trinajstić information content (AvgIpc) is 3.09. The van der Waals surface area contributed by atoms with Gasteiger partial charge in [0.05, 0.1) is 13.2 Å². The number of ether oxygens (including phenoxy) is 2. The molecule has 134 valence electrons. The molecule has 7 nitrogen and oxygen atoms in total. The molecule has 0 radical (unpaired) electrons. The van der Waals surface area contributed by atoms with Crippen molar-refractivity contribution in [2.24, 2.45) is 5.41 Å². The molecule has 0 atom stereocenters. The zero-order chi connectivity index (χ0) is 17.6. The van der Waals surface area contributed by atoms with Crippen LogP contribution in [-0.2, 0) is 16.0 Å². The molecule has 1 N–H and O–H groups in total. The van der Waals surface area contributed by atoms with E-state index < -0.39 is 0 Å². The van der Waals surface area contributed by atoms with Crippen molar-refractivity contribution in [3.05, 3.63) is 28.2 Å². The minimum absolute atomic E-state index is 0.0895. The maximum Gasteiger partial charge on any atom is 0.271 e. The Bertz CT molecular complexity index is 606. The zero-order valence-electron chi connectivity index (χ0n) is 14.7. The molecular formula is C17H27N3O4. The summed E-state index contributed by atoms with van der Waals surface area (Å²) < 4.78 is 12.4. The number of nitrogens with one attached hydrogen (secondary N) is 1. The van der Waals surface area contributed by atoms with Gasteiger partial charge >= 0.3 is 0 Å². The third-order valence-electron chi connectivity index (χ3n) is 4.08. The first-order valence-electron chi connectivity index (χ1n) is 8.53. The van der Waals surface area contributed by atoms with E-state index in [1.54, 1.807) is 0 Å². The van der Waals surface area contributed by atoms with E-state index in [-0.39, 0.29) is 28.9 Å². The van der Waals surface area contributed by atoms with Gasteiger partial charge in [0.2, 0.25) is 0 Å². The van der Waals surface area contributed by atoms with Gasteiger partial charge in [0.15, 0.2) is 6.29 Å². The van der Waals surface area contributed by atoms with Crippen LogP contribution in [0.3, 0.4) is 0 Å². The van der Waals surface area contributed by atoms with Crippen LogP contribution in [0.5, 0.6) is 0 Å². The Morgan fingerprint density at radius 3 is 2.75 bits per heavy atom. The van der Waals surface area contributed by atoms with E-state index in [1.165, 1.54) is 16.8 Å². The first kappa shape index (κ1) is 18.6. The van der Waals surface area contributed by atoms with Crippen molar-refractivity contribution < 1.29 is 14.3 Å². The quantitative estimate of drug-likeness (QED) is 0.728. The first-order valence-corrected chi connectivity index (χ1v) is 8.53. The van der Waals surface area contributed by atoms with Crippen LogP contribution in [-0.4, -0.2) is 41.7 Å². The zero-order valence-corrected chi connectivity index (χ0v) is 14.7. The molecule has 1 aliphatic heterocycles. The highest BCUT2D eigenvalue weighted by Crippen LogP contribution is 2.31. The van der Waals surface area contributed by atoms with Gasteiger partial charge in [-0.25, -0.2) is 4.68 Å². The first-order chi connectivity index (χ1) is 11.4. The van der Waals surface area contributed by atoms with Crippen molar-refractivity contribution in [1.82, 2.24) is 15.1 Å². The number of carbonyl (C=O) groups is 1. The molecule has 1 aromatic rings. The van der Waals surface area contributed by atoms with Crippen molar-refractivity contribution in [2.45, 2.75) is 52.9 Å². The van der Waals surface area contributed by atoms with Gasteiger partial charge in [-0.15, -0.1) is 0 Å². The number of hydrogen-bond donors (Lipinski definition) is 1. The monoisotopic (exact) mass is 337 g/mol. The third kappa shape index (κ3) is 4.88. The van der Waals surface area contributed by atoms with Gasteiger partial charge in [-0.3, -0.25) is 9.59 Å². The molecule has 0 bridgehead atoms. The van der Waals surface area contributed by atoms with Crippen LogP contribution in [0.15, 0.2) is 16.9 Å². The van der Waals surface area contributed by atoms with Crippen molar-refractivity contribution in [2.75, 3.05) is 19.8 Å². The molecule has 2 rings (SSSR count). The fourth-order valence-corrected chi connectivity index (χ4v) is 2.71. The Labute approximate surface area is 142 Å². The van der Waals surface area contributed by atoms with E-state index in [9.17, 15) is 9.59 Å². The second-order valence-electron chi connectivity index (χ2n) is 6.70. The Kier molecular flexibility index (Phi) is 6.51. The van der Waals surface area contributed by atoms with Gasteiger partial charge < -0.3 is 14.8 Å². The van der Waals surface area contributed by atoms with E-state index >= 15 is 0 Å². The average molecular weight is 337 g/mol. The van der Waals surface area contributed by atoms with E-state index in [1.807, 2.05) is 6.92 Å². The van der Waals surface area contributed by atoms with Crippen LogP contribution in [0.2, 0.25) is 0 Å². The van der Waals surface area contributed by atoms with Gasteiger partial charge in [0.1, 0.15) is 5.69 Å². The van der Waals surface area contributed by atoms with E-state index in [4.69, 9.17) is 9.47 Å². The molecule has 1 fully saturated rings. The summed E-state index contributed by atoms with van der Waals surface area (Å²) in [5, 5.41) is 6.96. The lowest BCUT2D eigenvalue weighted by Crippen LogP contribution is -2.33.